The van der Waals surface area contributed by atoms with Crippen LogP contribution in [0.15, 0.2) is 71.1 Å². The van der Waals surface area contributed by atoms with Crippen LogP contribution in [0, 0.1) is 0 Å². The summed E-state index contributed by atoms with van der Waals surface area (Å²) in [6.07, 6.45) is 3.79. The van der Waals surface area contributed by atoms with Crippen LogP contribution in [0.4, 0.5) is 0 Å². The number of rotatable bonds is 9. The highest BCUT2D eigenvalue weighted by Gasteiger charge is 2.39. The van der Waals surface area contributed by atoms with Gasteiger partial charge >= 0.3 is 5.97 Å². The molecular formula is C29H33NO5. The predicted molar refractivity (Wildman–Crippen MR) is 134 cm³/mol. The number of hydrogen-bond acceptors (Lipinski definition) is 6. The highest BCUT2D eigenvalue weighted by Crippen LogP contribution is 2.44. The Morgan fingerprint density at radius 2 is 1.89 bits per heavy atom. The van der Waals surface area contributed by atoms with E-state index in [4.69, 9.17) is 14.2 Å². The van der Waals surface area contributed by atoms with Crippen molar-refractivity contribution in [2.45, 2.75) is 58.5 Å². The molecule has 1 aliphatic heterocycles. The lowest BCUT2D eigenvalue weighted by Crippen LogP contribution is -2.34. The van der Waals surface area contributed by atoms with Gasteiger partial charge in [-0.25, -0.2) is 4.79 Å². The fraction of sp³-hybridized carbons (Fsp3) is 0.379. The number of carbonyl (C=O) groups excluding carboxylic acids is 2. The Morgan fingerprint density at radius 3 is 2.63 bits per heavy atom. The highest BCUT2D eigenvalue weighted by atomic mass is 16.5. The second kappa shape index (κ2) is 11.3. The van der Waals surface area contributed by atoms with Crippen LogP contribution in [0.1, 0.15) is 63.0 Å². The normalized spacial score (nSPS) is 17.6. The van der Waals surface area contributed by atoms with Gasteiger partial charge in [0.2, 0.25) is 0 Å². The van der Waals surface area contributed by atoms with Crippen molar-refractivity contribution in [1.82, 2.24) is 5.32 Å². The third kappa shape index (κ3) is 5.42. The van der Waals surface area contributed by atoms with Crippen LogP contribution in [-0.4, -0.2) is 25.5 Å². The molecule has 184 valence electrons. The minimum atomic E-state index is -0.509. The Morgan fingerprint density at radius 1 is 1.09 bits per heavy atom. The van der Waals surface area contributed by atoms with E-state index in [0.29, 0.717) is 42.3 Å². The topological polar surface area (TPSA) is 73.9 Å². The first kappa shape index (κ1) is 24.6. The van der Waals surface area contributed by atoms with Gasteiger partial charge in [-0.1, -0.05) is 49.7 Å². The molecule has 1 aliphatic carbocycles. The van der Waals surface area contributed by atoms with Crippen LogP contribution in [0.25, 0.3) is 0 Å². The molecule has 4 rings (SSSR count). The molecule has 0 bridgehead atoms. The number of benzene rings is 2. The Balaban J connectivity index is 1.69. The molecule has 35 heavy (non-hydrogen) atoms. The standard InChI is InChI=1S/C29H33NO5/c1-4-5-16-34-29(32)26-19(2)30-22-12-9-13-23(31)28(22)27(26)21-14-15-24(25(17-21)33-3)35-18-20-10-7-6-8-11-20/h6-8,10-11,14-15,17,27,30H,4-5,9,12-13,16,18H2,1-3H3/t27-/m1/s1. The van der Waals surface area contributed by atoms with Crippen molar-refractivity contribution in [1.29, 1.82) is 0 Å². The summed E-state index contributed by atoms with van der Waals surface area (Å²) in [6.45, 7) is 4.69. The zero-order valence-corrected chi connectivity index (χ0v) is 20.7. The van der Waals surface area contributed by atoms with Crippen molar-refractivity contribution in [3.8, 4) is 11.5 Å². The molecule has 2 aromatic rings. The van der Waals surface area contributed by atoms with Crippen LogP contribution in [0.5, 0.6) is 11.5 Å². The summed E-state index contributed by atoms with van der Waals surface area (Å²) in [5.74, 6) is 0.329. The Hall–Kier alpha value is -3.54. The van der Waals surface area contributed by atoms with E-state index < -0.39 is 5.92 Å². The van der Waals surface area contributed by atoms with E-state index in [2.05, 4.69) is 12.2 Å². The SMILES string of the molecule is CCCCOC(=O)C1=C(C)NC2=C(C(=O)CCC2)[C@@H]1c1ccc(OCc2ccccc2)c(OC)c1. The number of hydrogen-bond donors (Lipinski definition) is 1. The van der Waals surface area contributed by atoms with Crippen molar-refractivity contribution < 1.29 is 23.8 Å². The molecular weight excluding hydrogens is 442 g/mol. The van der Waals surface area contributed by atoms with E-state index in [1.807, 2.05) is 55.5 Å². The van der Waals surface area contributed by atoms with Gasteiger partial charge in [-0.05, 0) is 49.4 Å². The zero-order chi connectivity index (χ0) is 24.8. The number of nitrogens with one attached hydrogen (secondary N) is 1. The van der Waals surface area contributed by atoms with Crippen molar-refractivity contribution in [2.75, 3.05) is 13.7 Å². The monoisotopic (exact) mass is 475 g/mol. The summed E-state index contributed by atoms with van der Waals surface area (Å²) in [7, 11) is 1.59. The first-order chi connectivity index (χ1) is 17.0. The Bertz CT molecular complexity index is 1150. The van der Waals surface area contributed by atoms with Gasteiger partial charge in [0.15, 0.2) is 17.3 Å². The van der Waals surface area contributed by atoms with Crippen LogP contribution in [-0.2, 0) is 20.9 Å². The fourth-order valence-electron chi connectivity index (χ4n) is 4.69. The number of ether oxygens (including phenoxy) is 3. The quantitative estimate of drug-likeness (QED) is 0.377. The van der Waals surface area contributed by atoms with Gasteiger partial charge in [-0.2, -0.15) is 0 Å². The van der Waals surface area contributed by atoms with E-state index in [1.165, 1.54) is 0 Å². The van der Waals surface area contributed by atoms with E-state index in [-0.39, 0.29) is 11.8 Å². The summed E-state index contributed by atoms with van der Waals surface area (Å²) in [4.78, 5) is 26.3. The smallest absolute Gasteiger partial charge is 0.336 e. The molecule has 1 heterocycles. The number of allylic oxidation sites excluding steroid dienone is 3. The first-order valence-electron chi connectivity index (χ1n) is 12.3. The number of methoxy groups -OCH3 is 1. The number of carbonyl (C=O) groups is 2. The summed E-state index contributed by atoms with van der Waals surface area (Å²) in [5, 5.41) is 3.33. The van der Waals surface area contributed by atoms with Crippen LogP contribution in [0.2, 0.25) is 0 Å². The van der Waals surface area contributed by atoms with Crippen molar-refractivity contribution in [3.05, 3.63) is 82.2 Å². The lowest BCUT2D eigenvalue weighted by molar-refractivity contribution is -0.139. The third-order valence-electron chi connectivity index (χ3n) is 6.49. The predicted octanol–water partition coefficient (Wildman–Crippen LogP) is 5.59. The summed E-state index contributed by atoms with van der Waals surface area (Å²) < 4.78 is 17.3. The molecule has 0 saturated heterocycles. The maximum Gasteiger partial charge on any atom is 0.336 e. The molecule has 1 atom stereocenters. The molecule has 0 unspecified atom stereocenters. The average molecular weight is 476 g/mol. The highest BCUT2D eigenvalue weighted by molar-refractivity contribution is 6.03. The van der Waals surface area contributed by atoms with E-state index in [0.717, 1.165) is 48.2 Å². The maximum atomic E-state index is 13.2. The molecule has 0 fully saturated rings. The fourth-order valence-corrected chi connectivity index (χ4v) is 4.69. The summed E-state index contributed by atoms with van der Waals surface area (Å²) in [5.41, 5.74) is 4.63. The minimum absolute atomic E-state index is 0.0680. The molecule has 6 heteroatoms. The van der Waals surface area contributed by atoms with E-state index in [1.54, 1.807) is 7.11 Å². The third-order valence-corrected chi connectivity index (χ3v) is 6.49. The lowest BCUT2D eigenvalue weighted by Gasteiger charge is -2.34. The molecule has 2 aliphatic rings. The zero-order valence-electron chi connectivity index (χ0n) is 20.7. The molecule has 0 aromatic heterocycles. The number of ketones is 1. The number of esters is 1. The average Bonchev–Trinajstić information content (AvgIpc) is 2.87. The van der Waals surface area contributed by atoms with Gasteiger partial charge in [-0.15, -0.1) is 0 Å². The molecule has 0 radical (unpaired) electrons. The van der Waals surface area contributed by atoms with Crippen LogP contribution >= 0.6 is 0 Å². The molecule has 0 spiro atoms. The number of Topliss-reactive ketones (excluding diaryl/α,β-unsaturated/α-hetero) is 1. The minimum Gasteiger partial charge on any atom is -0.493 e. The Labute approximate surface area is 207 Å². The van der Waals surface area contributed by atoms with Gasteiger partial charge in [0.1, 0.15) is 6.61 Å². The molecule has 6 nitrogen and oxygen atoms in total. The molecule has 1 N–H and O–H groups in total. The molecule has 0 saturated carbocycles. The van der Waals surface area contributed by atoms with Gasteiger partial charge < -0.3 is 19.5 Å². The largest absolute Gasteiger partial charge is 0.493 e. The van der Waals surface area contributed by atoms with Crippen molar-refractivity contribution in [2.24, 2.45) is 0 Å². The van der Waals surface area contributed by atoms with Crippen molar-refractivity contribution >= 4 is 11.8 Å². The summed E-state index contributed by atoms with van der Waals surface area (Å²) in [6, 6.07) is 15.5. The second-order valence-corrected chi connectivity index (χ2v) is 8.94. The van der Waals surface area contributed by atoms with Crippen molar-refractivity contribution in [3.63, 3.8) is 0 Å². The second-order valence-electron chi connectivity index (χ2n) is 8.94. The Kier molecular flexibility index (Phi) is 7.91. The van der Waals surface area contributed by atoms with Gasteiger partial charge in [0.05, 0.1) is 19.3 Å². The first-order valence-corrected chi connectivity index (χ1v) is 12.3. The number of dihydropyridines is 1. The van der Waals surface area contributed by atoms with Crippen LogP contribution < -0.4 is 14.8 Å². The van der Waals surface area contributed by atoms with Gasteiger partial charge in [0, 0.05) is 29.3 Å². The lowest BCUT2D eigenvalue weighted by atomic mass is 9.75. The van der Waals surface area contributed by atoms with Gasteiger partial charge in [0.25, 0.3) is 0 Å². The molecule has 0 amide bonds. The number of unbranched alkanes of at least 4 members (excludes halogenated alkanes) is 1. The van der Waals surface area contributed by atoms with Crippen LogP contribution in [0.3, 0.4) is 0 Å². The van der Waals surface area contributed by atoms with Gasteiger partial charge in [-0.3, -0.25) is 4.79 Å². The van der Waals surface area contributed by atoms with E-state index >= 15 is 0 Å². The summed E-state index contributed by atoms with van der Waals surface area (Å²) >= 11 is 0. The van der Waals surface area contributed by atoms with E-state index in [9.17, 15) is 9.59 Å². The molecule has 2 aromatic carbocycles. The maximum absolute atomic E-state index is 13.2.